The highest BCUT2D eigenvalue weighted by Crippen LogP contribution is 2.32. The van der Waals surface area contributed by atoms with Crippen LogP contribution in [0, 0.1) is 17.0 Å². The first-order valence-corrected chi connectivity index (χ1v) is 11.1. The molecule has 0 radical (unpaired) electrons. The Kier molecular flexibility index (Phi) is 7.12. The number of carbonyl (C=O) groups is 1. The molecule has 1 aliphatic heterocycles. The van der Waals surface area contributed by atoms with Gasteiger partial charge in [-0.15, -0.1) is 0 Å². The fraction of sp³-hybridized carbons (Fsp3) is 0.154. The Hall–Kier alpha value is -4.17. The van der Waals surface area contributed by atoms with Crippen molar-refractivity contribution in [1.82, 2.24) is 0 Å². The number of hydrogen-bond donors (Lipinski definition) is 0. The Labute approximate surface area is 206 Å². The van der Waals surface area contributed by atoms with Crippen LogP contribution in [-0.4, -0.2) is 23.4 Å². The summed E-state index contributed by atoms with van der Waals surface area (Å²) in [5.41, 5.74) is 2.83. The Morgan fingerprint density at radius 1 is 1.06 bits per heavy atom. The van der Waals surface area contributed by atoms with E-state index < -0.39 is 10.9 Å². The van der Waals surface area contributed by atoms with Gasteiger partial charge in [0.05, 0.1) is 22.1 Å². The molecular weight excluding hydrogens is 472 g/mol. The molecule has 0 amide bonds. The molecule has 9 heteroatoms. The molecule has 35 heavy (non-hydrogen) atoms. The van der Waals surface area contributed by atoms with Crippen LogP contribution in [0.25, 0.3) is 6.08 Å². The number of nitrogens with zero attached hydrogens (tertiary/aromatic N) is 2. The molecule has 0 bridgehead atoms. The minimum absolute atomic E-state index is 0.0262. The minimum Gasteiger partial charge on any atom is -0.490 e. The standard InChI is InChI=1S/C26H21ClN2O6/c1-3-33-24-13-18(8-11-23(24)34-15-17-6-4-16(2)5-7-17)12-22-26(30)35-25(28-22)20-14-19(29(31)32)9-10-21(20)27/h4-14H,3,15H2,1-2H3/b22-12-. The second-order valence-electron chi connectivity index (χ2n) is 7.67. The number of rotatable bonds is 8. The van der Waals surface area contributed by atoms with E-state index in [-0.39, 0.29) is 27.9 Å². The SMILES string of the molecule is CCOc1cc(/C=C2\N=C(c3cc([N+](=O)[O-])ccc3Cl)OC2=O)ccc1OCc1ccc(C)cc1. The Bertz CT molecular complexity index is 1350. The summed E-state index contributed by atoms with van der Waals surface area (Å²) in [5.74, 6) is 0.292. The van der Waals surface area contributed by atoms with E-state index in [0.717, 1.165) is 5.56 Å². The van der Waals surface area contributed by atoms with E-state index in [2.05, 4.69) is 4.99 Å². The highest BCUT2D eigenvalue weighted by atomic mass is 35.5. The molecule has 3 aromatic carbocycles. The zero-order valence-electron chi connectivity index (χ0n) is 19.0. The fourth-order valence-electron chi connectivity index (χ4n) is 3.32. The van der Waals surface area contributed by atoms with Crippen molar-refractivity contribution in [2.45, 2.75) is 20.5 Å². The summed E-state index contributed by atoms with van der Waals surface area (Å²) >= 11 is 6.15. The summed E-state index contributed by atoms with van der Waals surface area (Å²) in [6.07, 6.45) is 1.53. The van der Waals surface area contributed by atoms with Crippen molar-refractivity contribution >= 4 is 35.2 Å². The molecule has 4 rings (SSSR count). The molecule has 8 nitrogen and oxygen atoms in total. The third kappa shape index (κ3) is 5.67. The monoisotopic (exact) mass is 492 g/mol. The summed E-state index contributed by atoms with van der Waals surface area (Å²) in [4.78, 5) is 27.1. The number of hydrogen-bond acceptors (Lipinski definition) is 7. The molecule has 0 spiro atoms. The van der Waals surface area contributed by atoms with Gasteiger partial charge in [0.1, 0.15) is 6.61 Å². The van der Waals surface area contributed by atoms with E-state index >= 15 is 0 Å². The maximum atomic E-state index is 12.4. The molecule has 0 N–H and O–H groups in total. The third-order valence-electron chi connectivity index (χ3n) is 5.10. The van der Waals surface area contributed by atoms with Crippen LogP contribution in [0.15, 0.2) is 71.4 Å². The van der Waals surface area contributed by atoms with Gasteiger partial charge in [-0.1, -0.05) is 47.5 Å². The topological polar surface area (TPSA) is 100 Å². The van der Waals surface area contributed by atoms with Crippen LogP contribution in [0.5, 0.6) is 11.5 Å². The van der Waals surface area contributed by atoms with Crippen LogP contribution in [0.2, 0.25) is 5.02 Å². The van der Waals surface area contributed by atoms with Gasteiger partial charge in [0, 0.05) is 12.1 Å². The van der Waals surface area contributed by atoms with Crippen molar-refractivity contribution in [3.63, 3.8) is 0 Å². The highest BCUT2D eigenvalue weighted by Gasteiger charge is 2.27. The first-order valence-electron chi connectivity index (χ1n) is 10.8. The summed E-state index contributed by atoms with van der Waals surface area (Å²) in [6, 6.07) is 17.1. The summed E-state index contributed by atoms with van der Waals surface area (Å²) in [6.45, 7) is 4.69. The lowest BCUT2D eigenvalue weighted by molar-refractivity contribution is -0.384. The smallest absolute Gasteiger partial charge is 0.363 e. The van der Waals surface area contributed by atoms with E-state index in [4.69, 9.17) is 25.8 Å². The largest absolute Gasteiger partial charge is 0.490 e. The number of nitro groups is 1. The normalized spacial score (nSPS) is 14.0. The number of carbonyl (C=O) groups excluding carboxylic acids is 1. The predicted molar refractivity (Wildman–Crippen MR) is 132 cm³/mol. The number of halogens is 1. The second-order valence-corrected chi connectivity index (χ2v) is 8.08. The zero-order valence-corrected chi connectivity index (χ0v) is 19.7. The van der Waals surface area contributed by atoms with Gasteiger partial charge in [0.25, 0.3) is 5.69 Å². The average Bonchev–Trinajstić information content (AvgIpc) is 3.19. The van der Waals surface area contributed by atoms with Gasteiger partial charge in [-0.2, -0.15) is 0 Å². The molecule has 0 fully saturated rings. The Morgan fingerprint density at radius 2 is 1.83 bits per heavy atom. The van der Waals surface area contributed by atoms with E-state index in [9.17, 15) is 14.9 Å². The first kappa shape index (κ1) is 24.0. The molecular formula is C26H21ClN2O6. The number of cyclic esters (lactones) is 1. The predicted octanol–water partition coefficient (Wildman–Crippen LogP) is 5.88. The van der Waals surface area contributed by atoms with Gasteiger partial charge >= 0.3 is 5.97 Å². The van der Waals surface area contributed by atoms with Crippen LogP contribution < -0.4 is 9.47 Å². The molecule has 1 aliphatic rings. The zero-order chi connectivity index (χ0) is 24.9. The molecule has 3 aromatic rings. The van der Waals surface area contributed by atoms with E-state index in [1.807, 2.05) is 38.1 Å². The number of nitro benzene ring substituents is 1. The summed E-state index contributed by atoms with van der Waals surface area (Å²) < 4.78 is 16.9. The molecule has 178 valence electrons. The second kappa shape index (κ2) is 10.4. The number of ether oxygens (including phenoxy) is 3. The van der Waals surface area contributed by atoms with Crippen molar-refractivity contribution in [1.29, 1.82) is 0 Å². The number of aliphatic imine (C=N–C) groups is 1. The van der Waals surface area contributed by atoms with Crippen LogP contribution >= 0.6 is 11.6 Å². The third-order valence-corrected chi connectivity index (χ3v) is 5.43. The van der Waals surface area contributed by atoms with Crippen molar-refractivity contribution < 1.29 is 23.9 Å². The Morgan fingerprint density at radius 3 is 2.54 bits per heavy atom. The number of benzene rings is 3. The molecule has 0 saturated heterocycles. The minimum atomic E-state index is -0.694. The first-order chi connectivity index (χ1) is 16.8. The van der Waals surface area contributed by atoms with Crippen molar-refractivity contribution in [3.05, 3.63) is 104 Å². The van der Waals surface area contributed by atoms with Crippen LogP contribution in [-0.2, 0) is 16.1 Å². The van der Waals surface area contributed by atoms with E-state index in [0.29, 0.717) is 30.3 Å². The lowest BCUT2D eigenvalue weighted by Gasteiger charge is -2.13. The maximum Gasteiger partial charge on any atom is 0.363 e. The Balaban J connectivity index is 1.58. The molecule has 0 aromatic heterocycles. The van der Waals surface area contributed by atoms with Gasteiger partial charge in [-0.25, -0.2) is 9.79 Å². The number of non-ortho nitro benzene ring substituents is 1. The van der Waals surface area contributed by atoms with Crippen molar-refractivity contribution in [3.8, 4) is 11.5 Å². The molecule has 0 unspecified atom stereocenters. The van der Waals surface area contributed by atoms with Crippen molar-refractivity contribution in [2.75, 3.05) is 6.61 Å². The van der Waals surface area contributed by atoms with Crippen LogP contribution in [0.3, 0.4) is 0 Å². The van der Waals surface area contributed by atoms with Crippen molar-refractivity contribution in [2.24, 2.45) is 4.99 Å². The van der Waals surface area contributed by atoms with Gasteiger partial charge in [0.2, 0.25) is 5.90 Å². The van der Waals surface area contributed by atoms with Crippen LogP contribution in [0.4, 0.5) is 5.69 Å². The quantitative estimate of drug-likeness (QED) is 0.168. The highest BCUT2D eigenvalue weighted by molar-refractivity contribution is 6.34. The van der Waals surface area contributed by atoms with Gasteiger partial charge in [-0.05, 0) is 49.2 Å². The number of aryl methyl sites for hydroxylation is 1. The summed E-state index contributed by atoms with van der Waals surface area (Å²) in [5, 5.41) is 11.3. The fourth-order valence-corrected chi connectivity index (χ4v) is 3.52. The molecule has 1 heterocycles. The van der Waals surface area contributed by atoms with Crippen LogP contribution in [0.1, 0.15) is 29.2 Å². The van der Waals surface area contributed by atoms with Gasteiger partial charge < -0.3 is 14.2 Å². The lowest BCUT2D eigenvalue weighted by atomic mass is 10.1. The van der Waals surface area contributed by atoms with E-state index in [1.54, 1.807) is 18.2 Å². The molecule has 0 saturated carbocycles. The lowest BCUT2D eigenvalue weighted by Crippen LogP contribution is -2.06. The number of esters is 1. The molecule has 0 aliphatic carbocycles. The van der Waals surface area contributed by atoms with Gasteiger partial charge in [-0.3, -0.25) is 10.1 Å². The van der Waals surface area contributed by atoms with Gasteiger partial charge in [0.15, 0.2) is 17.2 Å². The maximum absolute atomic E-state index is 12.4. The van der Waals surface area contributed by atoms with E-state index in [1.165, 1.54) is 29.8 Å². The summed E-state index contributed by atoms with van der Waals surface area (Å²) in [7, 11) is 0. The molecule has 0 atom stereocenters. The average molecular weight is 493 g/mol.